The maximum Gasteiger partial charge on any atom is 0.203 e. The molecule has 0 amide bonds. The zero-order valence-electron chi connectivity index (χ0n) is 18.9. The van der Waals surface area contributed by atoms with Gasteiger partial charge in [0, 0.05) is 31.3 Å². The molecule has 0 radical (unpaired) electrons. The van der Waals surface area contributed by atoms with Gasteiger partial charge in [0.25, 0.3) is 0 Å². The molecule has 1 aliphatic rings. The first-order valence-electron chi connectivity index (χ1n) is 10.6. The van der Waals surface area contributed by atoms with E-state index in [1.807, 2.05) is 30.3 Å². The number of nitrogens with one attached hydrogen (secondary N) is 2. The summed E-state index contributed by atoms with van der Waals surface area (Å²) >= 11 is 0. The van der Waals surface area contributed by atoms with Crippen molar-refractivity contribution < 1.29 is 18.9 Å². The average Bonchev–Trinajstić information content (AvgIpc) is 3.64. The fourth-order valence-electron chi connectivity index (χ4n) is 3.36. The predicted octanol–water partition coefficient (Wildman–Crippen LogP) is 3.41. The van der Waals surface area contributed by atoms with E-state index in [0.717, 1.165) is 41.8 Å². The van der Waals surface area contributed by atoms with E-state index in [0.29, 0.717) is 30.3 Å². The van der Waals surface area contributed by atoms with Crippen molar-refractivity contribution in [1.82, 2.24) is 10.6 Å². The summed E-state index contributed by atoms with van der Waals surface area (Å²) in [6.07, 6.45) is 3.30. The Morgan fingerprint density at radius 2 is 1.68 bits per heavy atom. The maximum atomic E-state index is 6.00. The number of benzene rings is 2. The first kappa shape index (κ1) is 22.6. The average molecular weight is 428 g/mol. The number of para-hydroxylation sites is 1. The van der Waals surface area contributed by atoms with Gasteiger partial charge in [-0.25, -0.2) is 0 Å². The van der Waals surface area contributed by atoms with E-state index in [1.54, 1.807) is 28.4 Å². The van der Waals surface area contributed by atoms with Crippen LogP contribution in [0.15, 0.2) is 41.4 Å². The normalized spacial score (nSPS) is 13.5. The fourth-order valence-corrected chi connectivity index (χ4v) is 3.36. The Bertz CT molecular complexity index is 881. The van der Waals surface area contributed by atoms with Crippen molar-refractivity contribution in [3.05, 3.63) is 47.5 Å². The van der Waals surface area contributed by atoms with E-state index in [1.165, 1.54) is 12.8 Å². The second-order valence-corrected chi connectivity index (χ2v) is 7.46. The number of guanidine groups is 1. The zero-order valence-corrected chi connectivity index (χ0v) is 18.9. The van der Waals surface area contributed by atoms with Crippen LogP contribution in [0.4, 0.5) is 0 Å². The van der Waals surface area contributed by atoms with Crippen molar-refractivity contribution in [2.24, 2.45) is 10.9 Å². The SMILES string of the molecule is CN=C(NCCc1ccc(OC)c(OC)c1OC)NCc1ccccc1OCC1CC1. The van der Waals surface area contributed by atoms with Gasteiger partial charge in [-0.05, 0) is 37.3 Å². The van der Waals surface area contributed by atoms with Gasteiger partial charge in [-0.3, -0.25) is 4.99 Å². The fraction of sp³-hybridized carbons (Fsp3) is 0.458. The van der Waals surface area contributed by atoms with Gasteiger partial charge in [0.1, 0.15) is 5.75 Å². The largest absolute Gasteiger partial charge is 0.493 e. The molecule has 168 valence electrons. The summed E-state index contributed by atoms with van der Waals surface area (Å²) in [5.41, 5.74) is 2.15. The highest BCUT2D eigenvalue weighted by Crippen LogP contribution is 2.39. The highest BCUT2D eigenvalue weighted by molar-refractivity contribution is 5.79. The van der Waals surface area contributed by atoms with Crippen LogP contribution in [0.5, 0.6) is 23.0 Å². The highest BCUT2D eigenvalue weighted by Gasteiger charge is 2.22. The van der Waals surface area contributed by atoms with Crippen LogP contribution < -0.4 is 29.6 Å². The third-order valence-electron chi connectivity index (χ3n) is 5.29. The summed E-state index contributed by atoms with van der Waals surface area (Å²) in [7, 11) is 6.63. The van der Waals surface area contributed by atoms with Crippen molar-refractivity contribution in [2.45, 2.75) is 25.8 Å². The first-order chi connectivity index (χ1) is 15.2. The van der Waals surface area contributed by atoms with Crippen molar-refractivity contribution in [3.63, 3.8) is 0 Å². The number of rotatable bonds is 11. The van der Waals surface area contributed by atoms with Crippen LogP contribution in [-0.2, 0) is 13.0 Å². The van der Waals surface area contributed by atoms with Gasteiger partial charge in [0.2, 0.25) is 5.75 Å². The van der Waals surface area contributed by atoms with Gasteiger partial charge in [-0.15, -0.1) is 0 Å². The van der Waals surface area contributed by atoms with Crippen LogP contribution in [0.1, 0.15) is 24.0 Å². The molecule has 0 aromatic heterocycles. The zero-order chi connectivity index (χ0) is 22.1. The van der Waals surface area contributed by atoms with Crippen LogP contribution in [0.25, 0.3) is 0 Å². The monoisotopic (exact) mass is 427 g/mol. The second kappa shape index (κ2) is 11.3. The summed E-state index contributed by atoms with van der Waals surface area (Å²) in [4.78, 5) is 4.33. The van der Waals surface area contributed by atoms with Gasteiger partial charge < -0.3 is 29.6 Å². The van der Waals surface area contributed by atoms with Crippen LogP contribution in [0, 0.1) is 5.92 Å². The summed E-state index contributed by atoms with van der Waals surface area (Å²) in [5.74, 6) is 4.34. The Hall–Kier alpha value is -3.09. The predicted molar refractivity (Wildman–Crippen MR) is 123 cm³/mol. The van der Waals surface area contributed by atoms with E-state index in [4.69, 9.17) is 18.9 Å². The molecule has 1 aliphatic carbocycles. The molecule has 1 fully saturated rings. The van der Waals surface area contributed by atoms with Crippen molar-refractivity contribution in [3.8, 4) is 23.0 Å². The minimum Gasteiger partial charge on any atom is -0.493 e. The van der Waals surface area contributed by atoms with Gasteiger partial charge in [0.15, 0.2) is 17.5 Å². The number of ether oxygens (including phenoxy) is 4. The lowest BCUT2D eigenvalue weighted by Gasteiger charge is -2.17. The summed E-state index contributed by atoms with van der Waals surface area (Å²) < 4.78 is 22.4. The van der Waals surface area contributed by atoms with E-state index in [-0.39, 0.29) is 0 Å². The van der Waals surface area contributed by atoms with Crippen LogP contribution in [-0.4, -0.2) is 47.5 Å². The van der Waals surface area contributed by atoms with Crippen molar-refractivity contribution in [1.29, 1.82) is 0 Å². The lowest BCUT2D eigenvalue weighted by molar-refractivity contribution is 0.296. The lowest BCUT2D eigenvalue weighted by Crippen LogP contribution is -2.38. The van der Waals surface area contributed by atoms with Crippen LogP contribution in [0.3, 0.4) is 0 Å². The van der Waals surface area contributed by atoms with Crippen LogP contribution >= 0.6 is 0 Å². The molecule has 0 atom stereocenters. The van der Waals surface area contributed by atoms with E-state index < -0.39 is 0 Å². The first-order valence-corrected chi connectivity index (χ1v) is 10.6. The number of nitrogens with zero attached hydrogens (tertiary/aromatic N) is 1. The Kier molecular flexibility index (Phi) is 8.27. The molecule has 7 heteroatoms. The minimum atomic E-state index is 0.604. The molecule has 31 heavy (non-hydrogen) atoms. The molecular weight excluding hydrogens is 394 g/mol. The maximum absolute atomic E-state index is 6.00. The standard InChI is InChI=1S/C24H33N3O4/c1-25-24(27-15-19-7-5-6-8-20(19)31-16-17-9-10-17)26-14-13-18-11-12-21(28-2)23(30-4)22(18)29-3/h5-8,11-12,17H,9-10,13-16H2,1-4H3,(H2,25,26,27). The number of hydrogen-bond donors (Lipinski definition) is 2. The molecule has 1 saturated carbocycles. The molecule has 7 nitrogen and oxygen atoms in total. The molecule has 2 N–H and O–H groups in total. The van der Waals surface area contributed by atoms with Crippen molar-refractivity contribution in [2.75, 3.05) is 41.5 Å². The van der Waals surface area contributed by atoms with E-state index in [9.17, 15) is 0 Å². The topological polar surface area (TPSA) is 73.3 Å². The molecule has 0 unspecified atom stereocenters. The van der Waals surface area contributed by atoms with Gasteiger partial charge >= 0.3 is 0 Å². The van der Waals surface area contributed by atoms with Gasteiger partial charge in [0.05, 0.1) is 27.9 Å². The summed E-state index contributed by atoms with van der Waals surface area (Å²) in [6.45, 7) is 2.13. The molecule has 2 aromatic carbocycles. The Morgan fingerprint density at radius 1 is 0.903 bits per heavy atom. The summed E-state index contributed by atoms with van der Waals surface area (Å²) in [5, 5.41) is 6.72. The smallest absolute Gasteiger partial charge is 0.203 e. The number of methoxy groups -OCH3 is 3. The molecular formula is C24H33N3O4. The number of hydrogen-bond acceptors (Lipinski definition) is 5. The Morgan fingerprint density at radius 3 is 2.35 bits per heavy atom. The molecule has 0 aliphatic heterocycles. The van der Waals surface area contributed by atoms with E-state index >= 15 is 0 Å². The molecule has 2 aromatic rings. The third-order valence-corrected chi connectivity index (χ3v) is 5.29. The Labute approximate surface area is 184 Å². The molecule has 0 spiro atoms. The van der Waals surface area contributed by atoms with Gasteiger partial charge in [-0.1, -0.05) is 24.3 Å². The Balaban J connectivity index is 1.54. The molecule has 3 rings (SSSR count). The molecule has 0 bridgehead atoms. The lowest BCUT2D eigenvalue weighted by atomic mass is 10.1. The third kappa shape index (κ3) is 6.20. The highest BCUT2D eigenvalue weighted by atomic mass is 16.5. The second-order valence-electron chi connectivity index (χ2n) is 7.46. The molecule has 0 saturated heterocycles. The minimum absolute atomic E-state index is 0.604. The van der Waals surface area contributed by atoms with Gasteiger partial charge in [-0.2, -0.15) is 0 Å². The van der Waals surface area contributed by atoms with Crippen molar-refractivity contribution >= 4 is 5.96 Å². The quantitative estimate of drug-likeness (QED) is 0.423. The molecule has 0 heterocycles. The number of aliphatic imine (C=N–C) groups is 1. The van der Waals surface area contributed by atoms with E-state index in [2.05, 4.69) is 21.7 Å². The van der Waals surface area contributed by atoms with Crippen LogP contribution in [0.2, 0.25) is 0 Å². The summed E-state index contributed by atoms with van der Waals surface area (Å²) in [6, 6.07) is 12.0.